The first-order chi connectivity index (χ1) is 9.43. The molecule has 1 N–H and O–H groups in total. The van der Waals surface area contributed by atoms with Crippen LogP contribution in [0.3, 0.4) is 0 Å². The molecule has 2 heterocycles. The fourth-order valence-electron chi connectivity index (χ4n) is 3.22. The summed E-state index contributed by atoms with van der Waals surface area (Å²) in [6.07, 6.45) is 2.27. The second-order valence-electron chi connectivity index (χ2n) is 5.30. The highest BCUT2D eigenvalue weighted by Gasteiger charge is 2.27. The number of rotatable bonds is 1. The Balaban J connectivity index is 1.82. The summed E-state index contributed by atoms with van der Waals surface area (Å²) < 4.78 is 5.94. The lowest BCUT2D eigenvalue weighted by Crippen LogP contribution is -2.17. The summed E-state index contributed by atoms with van der Waals surface area (Å²) >= 11 is 0. The van der Waals surface area contributed by atoms with Crippen molar-refractivity contribution in [3.8, 4) is 5.75 Å². The number of aryl methyl sites for hydroxylation is 1. The van der Waals surface area contributed by atoms with Crippen molar-refractivity contribution < 1.29 is 4.74 Å². The first-order valence-corrected chi connectivity index (χ1v) is 6.99. The van der Waals surface area contributed by atoms with Gasteiger partial charge < -0.3 is 10.1 Å². The summed E-state index contributed by atoms with van der Waals surface area (Å²) in [6.45, 7) is 1.79. The maximum Gasteiger partial charge on any atom is 0.127 e. The van der Waals surface area contributed by atoms with Gasteiger partial charge in [-0.25, -0.2) is 0 Å². The van der Waals surface area contributed by atoms with Crippen molar-refractivity contribution in [2.24, 2.45) is 0 Å². The van der Waals surface area contributed by atoms with Crippen LogP contribution in [0.25, 0.3) is 0 Å². The molecule has 0 saturated heterocycles. The van der Waals surface area contributed by atoms with E-state index in [1.54, 1.807) is 0 Å². The number of benzene rings is 2. The molecule has 0 radical (unpaired) electrons. The molecule has 2 aromatic carbocycles. The first-order valence-electron chi connectivity index (χ1n) is 6.99. The third-order valence-electron chi connectivity index (χ3n) is 4.14. The van der Waals surface area contributed by atoms with E-state index in [0.717, 1.165) is 31.7 Å². The van der Waals surface area contributed by atoms with E-state index < -0.39 is 0 Å². The van der Waals surface area contributed by atoms with Gasteiger partial charge >= 0.3 is 0 Å². The van der Waals surface area contributed by atoms with E-state index in [2.05, 4.69) is 47.8 Å². The normalized spacial score (nSPS) is 20.5. The Labute approximate surface area is 113 Å². The average molecular weight is 251 g/mol. The zero-order valence-corrected chi connectivity index (χ0v) is 10.9. The standard InChI is InChI=1S/C17H17NO/c1-2-8-14-13(5-1)11-18-16(14)15-9-3-6-12-7-4-10-19-17(12)15/h1-3,5-6,8-9,16,18H,4,7,10-11H2. The minimum atomic E-state index is 0.282. The van der Waals surface area contributed by atoms with Gasteiger partial charge in [0.1, 0.15) is 5.75 Å². The summed E-state index contributed by atoms with van der Waals surface area (Å²) in [4.78, 5) is 0. The summed E-state index contributed by atoms with van der Waals surface area (Å²) in [5.74, 6) is 1.11. The smallest absolute Gasteiger partial charge is 0.127 e. The fraction of sp³-hybridized carbons (Fsp3) is 0.294. The van der Waals surface area contributed by atoms with E-state index in [9.17, 15) is 0 Å². The molecule has 0 amide bonds. The molecule has 0 spiro atoms. The topological polar surface area (TPSA) is 21.3 Å². The maximum atomic E-state index is 5.94. The van der Waals surface area contributed by atoms with Crippen molar-refractivity contribution in [2.75, 3.05) is 6.61 Å². The predicted molar refractivity (Wildman–Crippen MR) is 75.4 cm³/mol. The second kappa shape index (κ2) is 4.39. The van der Waals surface area contributed by atoms with Crippen LogP contribution in [0.4, 0.5) is 0 Å². The SMILES string of the molecule is c1ccc2c(c1)CNC2c1cccc2c1OCCC2. The number of ether oxygens (including phenoxy) is 1. The van der Waals surface area contributed by atoms with Crippen LogP contribution in [0.1, 0.15) is 34.7 Å². The molecule has 0 fully saturated rings. The quantitative estimate of drug-likeness (QED) is 0.840. The van der Waals surface area contributed by atoms with Crippen molar-refractivity contribution >= 4 is 0 Å². The molecule has 0 aliphatic carbocycles. The Morgan fingerprint density at radius 2 is 1.79 bits per heavy atom. The molecule has 19 heavy (non-hydrogen) atoms. The molecule has 2 nitrogen and oxygen atoms in total. The van der Waals surface area contributed by atoms with Crippen LogP contribution in [0.15, 0.2) is 42.5 Å². The number of hydrogen-bond acceptors (Lipinski definition) is 2. The molecule has 1 unspecified atom stereocenters. The Morgan fingerprint density at radius 3 is 2.79 bits per heavy atom. The molecule has 0 saturated carbocycles. The third-order valence-corrected chi connectivity index (χ3v) is 4.14. The zero-order chi connectivity index (χ0) is 12.7. The van der Waals surface area contributed by atoms with Gasteiger partial charge in [0.2, 0.25) is 0 Å². The lowest BCUT2D eigenvalue weighted by Gasteiger charge is -2.23. The highest BCUT2D eigenvalue weighted by molar-refractivity contribution is 5.50. The maximum absolute atomic E-state index is 5.94. The minimum Gasteiger partial charge on any atom is -0.493 e. The van der Waals surface area contributed by atoms with Gasteiger partial charge in [0.05, 0.1) is 12.6 Å². The van der Waals surface area contributed by atoms with Crippen LogP contribution in [-0.2, 0) is 13.0 Å². The lowest BCUT2D eigenvalue weighted by atomic mass is 9.94. The van der Waals surface area contributed by atoms with Gasteiger partial charge in [-0.1, -0.05) is 42.5 Å². The number of nitrogens with one attached hydrogen (secondary N) is 1. The zero-order valence-electron chi connectivity index (χ0n) is 10.9. The molecule has 2 aliphatic heterocycles. The van der Waals surface area contributed by atoms with Crippen molar-refractivity contribution in [1.82, 2.24) is 5.32 Å². The molecule has 2 aliphatic rings. The van der Waals surface area contributed by atoms with Crippen molar-refractivity contribution in [3.05, 3.63) is 64.7 Å². The van der Waals surface area contributed by atoms with Crippen LogP contribution in [0.2, 0.25) is 0 Å². The van der Waals surface area contributed by atoms with Crippen LogP contribution in [0.5, 0.6) is 5.75 Å². The Hall–Kier alpha value is -1.80. The Morgan fingerprint density at radius 1 is 0.947 bits per heavy atom. The van der Waals surface area contributed by atoms with Gasteiger partial charge in [-0.2, -0.15) is 0 Å². The van der Waals surface area contributed by atoms with Gasteiger partial charge in [-0.3, -0.25) is 0 Å². The Bertz CT molecular complexity index is 620. The first kappa shape index (κ1) is 11.1. The second-order valence-corrected chi connectivity index (χ2v) is 5.30. The molecule has 1 atom stereocenters. The van der Waals surface area contributed by atoms with Crippen molar-refractivity contribution in [2.45, 2.75) is 25.4 Å². The van der Waals surface area contributed by atoms with Gasteiger partial charge in [-0.05, 0) is 29.5 Å². The van der Waals surface area contributed by atoms with E-state index in [1.807, 2.05) is 0 Å². The summed E-state index contributed by atoms with van der Waals surface area (Å²) in [5, 5.41) is 3.61. The van der Waals surface area contributed by atoms with Gasteiger partial charge in [-0.15, -0.1) is 0 Å². The molecular formula is C17H17NO. The lowest BCUT2D eigenvalue weighted by molar-refractivity contribution is 0.283. The van der Waals surface area contributed by atoms with Crippen molar-refractivity contribution in [3.63, 3.8) is 0 Å². The van der Waals surface area contributed by atoms with E-state index in [-0.39, 0.29) is 6.04 Å². The summed E-state index contributed by atoms with van der Waals surface area (Å²) in [7, 11) is 0. The van der Waals surface area contributed by atoms with Crippen LogP contribution < -0.4 is 10.1 Å². The third kappa shape index (κ3) is 1.75. The minimum absolute atomic E-state index is 0.282. The van der Waals surface area contributed by atoms with Gasteiger partial charge in [0, 0.05) is 12.1 Å². The van der Waals surface area contributed by atoms with E-state index in [1.165, 1.54) is 22.3 Å². The molecule has 0 aromatic heterocycles. The molecule has 2 heteroatoms. The molecule has 4 rings (SSSR count). The van der Waals surface area contributed by atoms with E-state index in [4.69, 9.17) is 4.74 Å². The number of para-hydroxylation sites is 1. The number of fused-ring (bicyclic) bond motifs is 2. The highest BCUT2D eigenvalue weighted by Crippen LogP contribution is 2.38. The van der Waals surface area contributed by atoms with E-state index >= 15 is 0 Å². The van der Waals surface area contributed by atoms with Crippen molar-refractivity contribution in [1.29, 1.82) is 0 Å². The fourth-order valence-corrected chi connectivity index (χ4v) is 3.22. The Kier molecular flexibility index (Phi) is 2.56. The highest BCUT2D eigenvalue weighted by atomic mass is 16.5. The van der Waals surface area contributed by atoms with Crippen LogP contribution in [-0.4, -0.2) is 6.61 Å². The van der Waals surface area contributed by atoms with Gasteiger partial charge in [0.25, 0.3) is 0 Å². The van der Waals surface area contributed by atoms with Crippen LogP contribution >= 0.6 is 0 Å². The number of hydrogen-bond donors (Lipinski definition) is 1. The predicted octanol–water partition coefficient (Wildman–Crippen LogP) is 3.20. The molecule has 0 bridgehead atoms. The largest absolute Gasteiger partial charge is 0.493 e. The van der Waals surface area contributed by atoms with Crippen LogP contribution in [0, 0.1) is 0 Å². The van der Waals surface area contributed by atoms with Gasteiger partial charge in [0.15, 0.2) is 0 Å². The molecular weight excluding hydrogens is 234 g/mol. The monoisotopic (exact) mass is 251 g/mol. The average Bonchev–Trinajstić information content (AvgIpc) is 2.90. The molecule has 96 valence electrons. The van der Waals surface area contributed by atoms with E-state index in [0.29, 0.717) is 0 Å². The summed E-state index contributed by atoms with van der Waals surface area (Å²) in [6, 6.07) is 15.5. The molecule has 2 aromatic rings. The summed E-state index contributed by atoms with van der Waals surface area (Å²) in [5.41, 5.74) is 5.45.